The van der Waals surface area contributed by atoms with Crippen LogP contribution in [0.4, 0.5) is 0 Å². The molecule has 6 nitrogen and oxygen atoms in total. The average molecular weight is 295 g/mol. The third kappa shape index (κ3) is 3.02. The lowest BCUT2D eigenvalue weighted by atomic mass is 9.97. The lowest BCUT2D eigenvalue weighted by molar-refractivity contribution is 0.161. The van der Waals surface area contributed by atoms with Crippen molar-refractivity contribution in [1.82, 2.24) is 29.4 Å². The van der Waals surface area contributed by atoms with E-state index in [-0.39, 0.29) is 0 Å². The molecule has 2 aromatic heterocycles. The minimum absolute atomic E-state index is 0.690. The van der Waals surface area contributed by atoms with Crippen LogP contribution in [0.1, 0.15) is 18.5 Å². The Hall–Kier alpha value is -1.40. The summed E-state index contributed by atoms with van der Waals surface area (Å²) in [6.45, 7) is 4.05. The van der Waals surface area contributed by atoms with Crippen molar-refractivity contribution in [3.05, 3.63) is 29.6 Å². The average Bonchev–Trinajstić information content (AvgIpc) is 3.06. The maximum atomic E-state index is 6.16. The van der Waals surface area contributed by atoms with Gasteiger partial charge in [0.05, 0.1) is 16.9 Å². The summed E-state index contributed by atoms with van der Waals surface area (Å²) in [6, 6.07) is 0. The minimum atomic E-state index is 0.690. The molecule has 0 radical (unpaired) electrons. The molecule has 3 heterocycles. The highest BCUT2D eigenvalue weighted by Gasteiger charge is 2.21. The van der Waals surface area contributed by atoms with Gasteiger partial charge in [-0.15, -0.1) is 0 Å². The van der Waals surface area contributed by atoms with E-state index in [9.17, 15) is 0 Å². The predicted molar refractivity (Wildman–Crippen MR) is 76.2 cm³/mol. The molecule has 7 heteroatoms. The van der Waals surface area contributed by atoms with Crippen molar-refractivity contribution in [2.24, 2.45) is 13.0 Å². The molecule has 0 unspecified atom stereocenters. The molecule has 0 spiro atoms. The lowest BCUT2D eigenvalue weighted by Gasteiger charge is -2.31. The number of piperidine rings is 1. The summed E-state index contributed by atoms with van der Waals surface area (Å²) in [5.41, 5.74) is 1.10. The maximum Gasteiger partial charge on any atom is 0.137 e. The molecule has 1 aliphatic rings. The number of rotatable bonds is 4. The van der Waals surface area contributed by atoms with Crippen LogP contribution in [0, 0.1) is 5.92 Å². The number of halogens is 1. The molecule has 0 bridgehead atoms. The molecule has 20 heavy (non-hydrogen) atoms. The smallest absolute Gasteiger partial charge is 0.137 e. The van der Waals surface area contributed by atoms with E-state index in [2.05, 4.69) is 20.1 Å². The van der Waals surface area contributed by atoms with Crippen LogP contribution in [-0.2, 0) is 20.1 Å². The molecule has 3 rings (SSSR count). The first kappa shape index (κ1) is 13.6. The number of aryl methyl sites for hydroxylation is 1. The summed E-state index contributed by atoms with van der Waals surface area (Å²) in [4.78, 5) is 6.43. The molecule has 0 amide bonds. The van der Waals surface area contributed by atoms with E-state index in [0.29, 0.717) is 5.92 Å². The maximum absolute atomic E-state index is 6.16. The second kappa shape index (κ2) is 5.93. The van der Waals surface area contributed by atoms with Crippen LogP contribution >= 0.6 is 11.6 Å². The SMILES string of the molecule is Cn1ncc(Cl)c1CN1CCC(Cn2cncn2)CC1. The predicted octanol–water partition coefficient (Wildman–Crippen LogP) is 1.58. The molecular weight excluding hydrogens is 276 g/mol. The van der Waals surface area contributed by atoms with Crippen LogP contribution in [0.25, 0.3) is 0 Å². The van der Waals surface area contributed by atoms with Gasteiger partial charge in [-0.05, 0) is 31.8 Å². The van der Waals surface area contributed by atoms with Crippen molar-refractivity contribution < 1.29 is 0 Å². The van der Waals surface area contributed by atoms with Gasteiger partial charge in [0, 0.05) is 20.1 Å². The van der Waals surface area contributed by atoms with Crippen molar-refractivity contribution in [3.63, 3.8) is 0 Å². The topological polar surface area (TPSA) is 51.8 Å². The Labute approximate surface area is 123 Å². The molecule has 2 aromatic rings. The second-order valence-corrected chi connectivity index (χ2v) is 5.81. The summed E-state index contributed by atoms with van der Waals surface area (Å²) in [6.07, 6.45) is 7.49. The first-order valence-electron chi connectivity index (χ1n) is 6.93. The standard InChI is InChI=1S/C13H19ClN6/c1-18-13(12(14)6-16-18)8-19-4-2-11(3-5-19)7-20-10-15-9-17-20/h6,9-11H,2-5,7-8H2,1H3. The van der Waals surface area contributed by atoms with E-state index < -0.39 is 0 Å². The van der Waals surface area contributed by atoms with Gasteiger partial charge in [0.15, 0.2) is 0 Å². The second-order valence-electron chi connectivity index (χ2n) is 5.40. The molecule has 108 valence electrons. The van der Waals surface area contributed by atoms with E-state index in [0.717, 1.165) is 36.9 Å². The van der Waals surface area contributed by atoms with Crippen molar-refractivity contribution in [2.45, 2.75) is 25.9 Å². The Balaban J connectivity index is 1.51. The highest BCUT2D eigenvalue weighted by molar-refractivity contribution is 6.31. The highest BCUT2D eigenvalue weighted by atomic mass is 35.5. The van der Waals surface area contributed by atoms with Crippen LogP contribution in [0.5, 0.6) is 0 Å². The van der Waals surface area contributed by atoms with E-state index in [1.165, 1.54) is 12.8 Å². The zero-order valence-electron chi connectivity index (χ0n) is 11.6. The van der Waals surface area contributed by atoms with Gasteiger partial charge in [-0.1, -0.05) is 11.6 Å². The third-order valence-corrected chi connectivity index (χ3v) is 4.32. The van der Waals surface area contributed by atoms with Crippen LogP contribution in [0.3, 0.4) is 0 Å². The van der Waals surface area contributed by atoms with Gasteiger partial charge in [-0.2, -0.15) is 10.2 Å². The monoisotopic (exact) mass is 294 g/mol. The Morgan fingerprint density at radius 3 is 2.70 bits per heavy atom. The van der Waals surface area contributed by atoms with Gasteiger partial charge in [-0.3, -0.25) is 14.3 Å². The van der Waals surface area contributed by atoms with Crippen molar-refractivity contribution >= 4 is 11.6 Å². The van der Waals surface area contributed by atoms with Gasteiger partial charge in [0.1, 0.15) is 12.7 Å². The molecule has 0 saturated carbocycles. The minimum Gasteiger partial charge on any atom is -0.297 e. The van der Waals surface area contributed by atoms with Crippen molar-refractivity contribution in [2.75, 3.05) is 13.1 Å². The van der Waals surface area contributed by atoms with Crippen LogP contribution in [-0.4, -0.2) is 42.5 Å². The summed E-state index contributed by atoms with van der Waals surface area (Å²) >= 11 is 6.16. The summed E-state index contributed by atoms with van der Waals surface area (Å²) in [5.74, 6) is 0.690. The van der Waals surface area contributed by atoms with Crippen LogP contribution < -0.4 is 0 Å². The molecule has 0 aliphatic carbocycles. The van der Waals surface area contributed by atoms with Gasteiger partial charge < -0.3 is 0 Å². The number of hydrogen-bond donors (Lipinski definition) is 0. The summed E-state index contributed by atoms with van der Waals surface area (Å²) in [5, 5.41) is 9.12. The Morgan fingerprint density at radius 2 is 2.10 bits per heavy atom. The number of likely N-dealkylation sites (tertiary alicyclic amines) is 1. The van der Waals surface area contributed by atoms with Gasteiger partial charge >= 0.3 is 0 Å². The zero-order valence-corrected chi connectivity index (χ0v) is 12.4. The Morgan fingerprint density at radius 1 is 1.30 bits per heavy atom. The number of nitrogens with zero attached hydrogens (tertiary/aromatic N) is 6. The Bertz CT molecular complexity index is 522. The Kier molecular flexibility index (Phi) is 4.03. The normalized spacial score (nSPS) is 17.7. The van der Waals surface area contributed by atoms with Gasteiger partial charge in [0.2, 0.25) is 0 Å². The van der Waals surface area contributed by atoms with Gasteiger partial charge in [0.25, 0.3) is 0 Å². The molecule has 1 aliphatic heterocycles. The van der Waals surface area contributed by atoms with Crippen LogP contribution in [0.15, 0.2) is 18.9 Å². The van der Waals surface area contributed by atoms with E-state index >= 15 is 0 Å². The van der Waals surface area contributed by atoms with E-state index in [1.54, 1.807) is 18.9 Å². The van der Waals surface area contributed by atoms with Crippen molar-refractivity contribution in [3.8, 4) is 0 Å². The first-order valence-corrected chi connectivity index (χ1v) is 7.31. The highest BCUT2D eigenvalue weighted by Crippen LogP contribution is 2.22. The molecule has 0 aromatic carbocycles. The van der Waals surface area contributed by atoms with Gasteiger partial charge in [-0.25, -0.2) is 4.98 Å². The van der Waals surface area contributed by atoms with Crippen LogP contribution in [0.2, 0.25) is 5.02 Å². The molecule has 1 saturated heterocycles. The number of hydrogen-bond acceptors (Lipinski definition) is 4. The molecule has 1 fully saturated rings. The zero-order chi connectivity index (χ0) is 13.9. The third-order valence-electron chi connectivity index (χ3n) is 4.00. The largest absolute Gasteiger partial charge is 0.297 e. The fraction of sp³-hybridized carbons (Fsp3) is 0.615. The summed E-state index contributed by atoms with van der Waals surface area (Å²) < 4.78 is 3.79. The summed E-state index contributed by atoms with van der Waals surface area (Å²) in [7, 11) is 1.94. The fourth-order valence-electron chi connectivity index (χ4n) is 2.74. The van der Waals surface area contributed by atoms with E-state index in [4.69, 9.17) is 11.6 Å². The molecule has 0 N–H and O–H groups in total. The van der Waals surface area contributed by atoms with E-state index in [1.807, 2.05) is 16.4 Å². The number of aromatic nitrogens is 5. The molecular formula is C13H19ClN6. The van der Waals surface area contributed by atoms with Crippen molar-refractivity contribution in [1.29, 1.82) is 0 Å². The first-order chi connectivity index (χ1) is 9.72. The lowest BCUT2D eigenvalue weighted by Crippen LogP contribution is -2.35. The molecule has 0 atom stereocenters. The quantitative estimate of drug-likeness (QED) is 0.859. The fourth-order valence-corrected chi connectivity index (χ4v) is 2.97.